The van der Waals surface area contributed by atoms with Gasteiger partial charge in [0.25, 0.3) is 5.56 Å². The number of rotatable bonds is 7. The summed E-state index contributed by atoms with van der Waals surface area (Å²) in [6.07, 6.45) is 5.76. The minimum Gasteiger partial charge on any atom is -0.459 e. The first-order chi connectivity index (χ1) is 20.7. The first kappa shape index (κ1) is 29.4. The first-order valence-electron chi connectivity index (χ1n) is 13.9. The molecule has 3 aromatic carbocycles. The summed E-state index contributed by atoms with van der Waals surface area (Å²) in [5.41, 5.74) is 4.81. The average molecular weight is 673 g/mol. The zero-order chi connectivity index (χ0) is 30.2. The van der Waals surface area contributed by atoms with Gasteiger partial charge < -0.3 is 9.30 Å². The standard InChI is InChI=1S/C34H30BrN3O3S2/c1-20(2)41-33(40)30-21(3)36-34-38(31(30)23-11-15-26(42-4)16-12-23)32(39)29(43-34)17-24-19-37(28-8-6-5-7-27(24)28)18-22-9-13-25(35)14-10-22/h5-17,19-20,31H,18H2,1-4H3/b29-17+/t31-/m1/s1. The first-order valence-corrected chi connectivity index (χ1v) is 16.8. The van der Waals surface area contributed by atoms with E-state index >= 15 is 0 Å². The lowest BCUT2D eigenvalue weighted by Gasteiger charge is -2.25. The van der Waals surface area contributed by atoms with Gasteiger partial charge >= 0.3 is 5.97 Å². The molecule has 0 spiro atoms. The number of hydrogen-bond acceptors (Lipinski definition) is 6. The van der Waals surface area contributed by atoms with Crippen LogP contribution >= 0.6 is 39.0 Å². The van der Waals surface area contributed by atoms with E-state index in [1.54, 1.807) is 16.3 Å². The van der Waals surface area contributed by atoms with Crippen molar-refractivity contribution in [1.82, 2.24) is 9.13 Å². The van der Waals surface area contributed by atoms with Crippen LogP contribution in [0.2, 0.25) is 0 Å². The zero-order valence-electron chi connectivity index (χ0n) is 24.2. The fourth-order valence-electron chi connectivity index (χ4n) is 5.41. The van der Waals surface area contributed by atoms with Gasteiger partial charge in [0.05, 0.1) is 27.9 Å². The second kappa shape index (κ2) is 12.1. The highest BCUT2D eigenvalue weighted by Crippen LogP contribution is 2.32. The van der Waals surface area contributed by atoms with Crippen molar-refractivity contribution < 1.29 is 9.53 Å². The van der Waals surface area contributed by atoms with Crippen molar-refractivity contribution in [2.75, 3.05) is 6.26 Å². The third-order valence-electron chi connectivity index (χ3n) is 7.39. The van der Waals surface area contributed by atoms with Crippen LogP contribution in [0.15, 0.2) is 109 Å². The normalized spacial score (nSPS) is 15.2. The molecule has 0 amide bonds. The van der Waals surface area contributed by atoms with E-state index < -0.39 is 12.0 Å². The molecule has 0 fully saturated rings. The highest BCUT2D eigenvalue weighted by molar-refractivity contribution is 9.10. The largest absolute Gasteiger partial charge is 0.459 e. The summed E-state index contributed by atoms with van der Waals surface area (Å²) >= 11 is 6.50. The Hall–Kier alpha value is -3.66. The molecule has 0 unspecified atom stereocenters. The van der Waals surface area contributed by atoms with Crippen LogP contribution in [-0.2, 0) is 16.1 Å². The topological polar surface area (TPSA) is 65.6 Å². The van der Waals surface area contributed by atoms with Gasteiger partial charge in [-0.3, -0.25) is 9.36 Å². The fourth-order valence-corrected chi connectivity index (χ4v) is 7.12. The van der Waals surface area contributed by atoms with Gasteiger partial charge in [0.15, 0.2) is 4.80 Å². The van der Waals surface area contributed by atoms with Crippen LogP contribution in [0.5, 0.6) is 0 Å². The molecule has 6 nitrogen and oxygen atoms in total. The number of carbonyl (C=O) groups is 1. The second-order valence-corrected chi connectivity index (χ2v) is 13.5. The molecule has 0 radical (unpaired) electrons. The van der Waals surface area contributed by atoms with Crippen molar-refractivity contribution in [2.24, 2.45) is 4.99 Å². The highest BCUT2D eigenvalue weighted by Gasteiger charge is 2.33. The Kier molecular flexibility index (Phi) is 8.31. The fraction of sp³-hybridized carbons (Fsp3) is 0.206. The van der Waals surface area contributed by atoms with Crippen LogP contribution < -0.4 is 14.9 Å². The number of fused-ring (bicyclic) bond motifs is 2. The average Bonchev–Trinajstić information content (AvgIpc) is 3.49. The number of carbonyl (C=O) groups excluding carboxylic acids is 1. The van der Waals surface area contributed by atoms with E-state index in [-0.39, 0.29) is 11.7 Å². The predicted molar refractivity (Wildman–Crippen MR) is 178 cm³/mol. The van der Waals surface area contributed by atoms with Gasteiger partial charge in [-0.25, -0.2) is 9.79 Å². The number of ether oxygens (including phenoxy) is 1. The van der Waals surface area contributed by atoms with Gasteiger partial charge in [-0.15, -0.1) is 11.8 Å². The summed E-state index contributed by atoms with van der Waals surface area (Å²) < 4.78 is 11.1. The van der Waals surface area contributed by atoms with Crippen molar-refractivity contribution >= 4 is 62.0 Å². The quantitative estimate of drug-likeness (QED) is 0.143. The molecular formula is C34H30BrN3O3S2. The molecule has 218 valence electrons. The Morgan fingerprint density at radius 3 is 2.51 bits per heavy atom. The molecule has 1 atom stereocenters. The van der Waals surface area contributed by atoms with E-state index in [1.165, 1.54) is 16.9 Å². The third kappa shape index (κ3) is 5.81. The predicted octanol–water partition coefficient (Wildman–Crippen LogP) is 6.67. The van der Waals surface area contributed by atoms with Crippen molar-refractivity contribution in [3.63, 3.8) is 0 Å². The van der Waals surface area contributed by atoms with Crippen LogP contribution in [0.3, 0.4) is 0 Å². The summed E-state index contributed by atoms with van der Waals surface area (Å²) in [6, 6.07) is 23.8. The van der Waals surface area contributed by atoms with Crippen LogP contribution in [-0.4, -0.2) is 27.5 Å². The summed E-state index contributed by atoms with van der Waals surface area (Å²) in [4.78, 5) is 34.0. The molecule has 0 N–H and O–H groups in total. The van der Waals surface area contributed by atoms with Crippen molar-refractivity contribution in [3.05, 3.63) is 131 Å². The van der Waals surface area contributed by atoms with E-state index in [9.17, 15) is 9.59 Å². The molecule has 5 aromatic rings. The van der Waals surface area contributed by atoms with Gasteiger partial charge in [0, 0.05) is 38.6 Å². The lowest BCUT2D eigenvalue weighted by atomic mass is 9.96. The number of thiazole rings is 1. The molecule has 2 aromatic heterocycles. The van der Waals surface area contributed by atoms with Gasteiger partial charge in [-0.05, 0) is 74.6 Å². The van der Waals surface area contributed by atoms with Crippen molar-refractivity contribution in [1.29, 1.82) is 0 Å². The number of hydrogen-bond donors (Lipinski definition) is 0. The minimum absolute atomic E-state index is 0.185. The summed E-state index contributed by atoms with van der Waals surface area (Å²) in [7, 11) is 0. The third-order valence-corrected chi connectivity index (χ3v) is 9.64. The van der Waals surface area contributed by atoms with Gasteiger partial charge in [0.2, 0.25) is 0 Å². The number of aromatic nitrogens is 2. The number of halogens is 1. The Bertz CT molecular complexity index is 2050. The molecular weight excluding hydrogens is 642 g/mol. The Labute approximate surface area is 266 Å². The number of esters is 1. The molecule has 0 aliphatic carbocycles. The maximum atomic E-state index is 14.2. The van der Waals surface area contributed by atoms with Crippen LogP contribution in [0, 0.1) is 0 Å². The lowest BCUT2D eigenvalue weighted by molar-refractivity contribution is -0.143. The lowest BCUT2D eigenvalue weighted by Crippen LogP contribution is -2.40. The Morgan fingerprint density at radius 1 is 1.09 bits per heavy atom. The highest BCUT2D eigenvalue weighted by atomic mass is 79.9. The van der Waals surface area contributed by atoms with Gasteiger partial charge in [-0.1, -0.05) is 69.7 Å². The summed E-state index contributed by atoms with van der Waals surface area (Å²) in [6.45, 7) is 6.15. The van der Waals surface area contributed by atoms with Gasteiger partial charge in [0.1, 0.15) is 0 Å². The molecule has 0 saturated carbocycles. The maximum absolute atomic E-state index is 14.2. The molecule has 9 heteroatoms. The molecule has 43 heavy (non-hydrogen) atoms. The van der Waals surface area contributed by atoms with E-state index in [4.69, 9.17) is 9.73 Å². The SMILES string of the molecule is CSc1ccc([C@@H]2C(C(=O)OC(C)C)=C(C)N=c3s/c(=C/c4cn(Cc5ccc(Br)cc5)c5ccccc45)c(=O)n32)cc1. The van der Waals surface area contributed by atoms with Crippen molar-refractivity contribution in [2.45, 2.75) is 44.4 Å². The summed E-state index contributed by atoms with van der Waals surface area (Å²) in [5, 5.41) is 1.06. The second-order valence-electron chi connectivity index (χ2n) is 10.7. The van der Waals surface area contributed by atoms with E-state index in [0.29, 0.717) is 27.1 Å². The maximum Gasteiger partial charge on any atom is 0.338 e. The van der Waals surface area contributed by atoms with E-state index in [1.807, 2.05) is 81.6 Å². The van der Waals surface area contributed by atoms with Crippen LogP contribution in [0.25, 0.3) is 17.0 Å². The van der Waals surface area contributed by atoms with Crippen LogP contribution in [0.1, 0.15) is 43.5 Å². The van der Waals surface area contributed by atoms with Crippen LogP contribution in [0.4, 0.5) is 0 Å². The molecule has 3 heterocycles. The molecule has 0 saturated heterocycles. The van der Waals surface area contributed by atoms with E-state index in [0.717, 1.165) is 31.4 Å². The number of thioether (sulfide) groups is 1. The zero-order valence-corrected chi connectivity index (χ0v) is 27.4. The van der Waals surface area contributed by atoms with Gasteiger partial charge in [-0.2, -0.15) is 0 Å². The summed E-state index contributed by atoms with van der Waals surface area (Å²) in [5.74, 6) is -0.458. The molecule has 1 aliphatic heterocycles. The smallest absolute Gasteiger partial charge is 0.338 e. The van der Waals surface area contributed by atoms with Crippen molar-refractivity contribution in [3.8, 4) is 0 Å². The number of benzene rings is 3. The van der Waals surface area contributed by atoms with E-state index in [2.05, 4.69) is 51.0 Å². The number of para-hydroxylation sites is 1. The number of nitrogens with zero attached hydrogens (tertiary/aromatic N) is 3. The number of allylic oxidation sites excluding steroid dienone is 1. The Morgan fingerprint density at radius 2 is 1.81 bits per heavy atom. The minimum atomic E-state index is -0.640. The molecule has 0 bridgehead atoms. The molecule has 6 rings (SSSR count). The molecule has 1 aliphatic rings. The Balaban J connectivity index is 1.50. The monoisotopic (exact) mass is 671 g/mol.